The third kappa shape index (κ3) is 3.65. The van der Waals surface area contributed by atoms with E-state index in [2.05, 4.69) is 53.6 Å². The first-order valence-electron chi connectivity index (χ1n) is 8.52. The predicted octanol–water partition coefficient (Wildman–Crippen LogP) is 2.68. The zero-order chi connectivity index (χ0) is 14.7. The SMILES string of the molecule is CC(C)N1CCC(NC2CCNCc3ccccc32)CC1. The lowest BCUT2D eigenvalue weighted by molar-refractivity contribution is 0.155. The smallest absolute Gasteiger partial charge is 0.0337 e. The van der Waals surface area contributed by atoms with Crippen molar-refractivity contribution >= 4 is 0 Å². The van der Waals surface area contributed by atoms with E-state index < -0.39 is 0 Å². The molecule has 1 saturated heterocycles. The number of nitrogens with one attached hydrogen (secondary N) is 2. The van der Waals surface area contributed by atoms with Gasteiger partial charge in [0.15, 0.2) is 0 Å². The van der Waals surface area contributed by atoms with E-state index in [1.807, 2.05) is 0 Å². The molecule has 0 amide bonds. The van der Waals surface area contributed by atoms with Crippen LogP contribution in [0.2, 0.25) is 0 Å². The Morgan fingerprint density at radius 1 is 1.14 bits per heavy atom. The number of fused-ring (bicyclic) bond motifs is 1. The second-order valence-corrected chi connectivity index (χ2v) is 6.79. The van der Waals surface area contributed by atoms with Crippen LogP contribution in [0.15, 0.2) is 24.3 Å². The van der Waals surface area contributed by atoms with Gasteiger partial charge in [0, 0.05) is 24.7 Å². The molecule has 2 aliphatic rings. The summed E-state index contributed by atoms with van der Waals surface area (Å²) in [6.07, 6.45) is 3.76. The minimum Gasteiger partial charge on any atom is -0.313 e. The molecular weight excluding hydrogens is 258 g/mol. The molecule has 0 radical (unpaired) electrons. The topological polar surface area (TPSA) is 27.3 Å². The Labute approximate surface area is 129 Å². The number of likely N-dealkylation sites (tertiary alicyclic amines) is 1. The molecule has 1 aromatic rings. The first-order chi connectivity index (χ1) is 10.2. The van der Waals surface area contributed by atoms with Crippen LogP contribution in [0.1, 0.15) is 50.3 Å². The predicted molar refractivity (Wildman–Crippen MR) is 88.4 cm³/mol. The Hall–Kier alpha value is -0.900. The summed E-state index contributed by atoms with van der Waals surface area (Å²) in [5.41, 5.74) is 2.97. The van der Waals surface area contributed by atoms with Crippen molar-refractivity contribution in [3.63, 3.8) is 0 Å². The highest BCUT2D eigenvalue weighted by Crippen LogP contribution is 2.25. The molecule has 2 N–H and O–H groups in total. The summed E-state index contributed by atoms with van der Waals surface area (Å²) in [6, 6.07) is 10.8. The van der Waals surface area contributed by atoms with Crippen LogP contribution in [0, 0.1) is 0 Å². The second-order valence-electron chi connectivity index (χ2n) is 6.79. The number of hydrogen-bond acceptors (Lipinski definition) is 3. The average molecular weight is 287 g/mol. The molecular formula is C18H29N3. The van der Waals surface area contributed by atoms with Crippen molar-refractivity contribution in [2.75, 3.05) is 19.6 Å². The van der Waals surface area contributed by atoms with Crippen molar-refractivity contribution < 1.29 is 0 Å². The van der Waals surface area contributed by atoms with Crippen molar-refractivity contribution in [2.24, 2.45) is 0 Å². The van der Waals surface area contributed by atoms with Crippen LogP contribution in [0.4, 0.5) is 0 Å². The van der Waals surface area contributed by atoms with Gasteiger partial charge in [0.05, 0.1) is 0 Å². The van der Waals surface area contributed by atoms with Crippen LogP contribution in [0.5, 0.6) is 0 Å². The lowest BCUT2D eigenvalue weighted by Crippen LogP contribution is -2.46. The monoisotopic (exact) mass is 287 g/mol. The Kier molecular flexibility index (Phi) is 4.94. The summed E-state index contributed by atoms with van der Waals surface area (Å²) in [5.74, 6) is 0. The molecule has 0 saturated carbocycles. The van der Waals surface area contributed by atoms with Gasteiger partial charge in [-0.2, -0.15) is 0 Å². The fourth-order valence-electron chi connectivity index (χ4n) is 3.70. The van der Waals surface area contributed by atoms with Gasteiger partial charge in [0.2, 0.25) is 0 Å². The molecule has 1 atom stereocenters. The molecule has 3 nitrogen and oxygen atoms in total. The van der Waals surface area contributed by atoms with E-state index in [-0.39, 0.29) is 0 Å². The highest BCUT2D eigenvalue weighted by atomic mass is 15.2. The van der Waals surface area contributed by atoms with Crippen LogP contribution in [0.3, 0.4) is 0 Å². The molecule has 1 unspecified atom stereocenters. The molecule has 2 heterocycles. The first kappa shape index (κ1) is 15.0. The van der Waals surface area contributed by atoms with Gasteiger partial charge in [-0.25, -0.2) is 0 Å². The number of rotatable bonds is 3. The molecule has 0 bridgehead atoms. The van der Waals surface area contributed by atoms with E-state index in [4.69, 9.17) is 0 Å². The van der Waals surface area contributed by atoms with Crippen LogP contribution in [-0.4, -0.2) is 36.6 Å². The number of hydrogen-bond donors (Lipinski definition) is 2. The van der Waals surface area contributed by atoms with Crippen molar-refractivity contribution in [3.05, 3.63) is 35.4 Å². The van der Waals surface area contributed by atoms with Gasteiger partial charge in [-0.3, -0.25) is 0 Å². The number of nitrogens with zero attached hydrogens (tertiary/aromatic N) is 1. The van der Waals surface area contributed by atoms with E-state index in [0.29, 0.717) is 18.1 Å². The van der Waals surface area contributed by atoms with Crippen LogP contribution < -0.4 is 10.6 Å². The Bertz CT molecular complexity index is 450. The minimum atomic E-state index is 0.520. The maximum atomic E-state index is 3.95. The Morgan fingerprint density at radius 2 is 1.90 bits per heavy atom. The zero-order valence-electron chi connectivity index (χ0n) is 13.4. The highest BCUT2D eigenvalue weighted by Gasteiger charge is 2.25. The Balaban J connectivity index is 1.63. The van der Waals surface area contributed by atoms with Crippen molar-refractivity contribution in [2.45, 2.75) is 57.8 Å². The van der Waals surface area contributed by atoms with Gasteiger partial charge in [-0.05, 0) is 63.9 Å². The van der Waals surface area contributed by atoms with Gasteiger partial charge >= 0.3 is 0 Å². The minimum absolute atomic E-state index is 0.520. The van der Waals surface area contributed by atoms with Crippen LogP contribution in [-0.2, 0) is 6.54 Å². The van der Waals surface area contributed by atoms with Gasteiger partial charge in [-0.1, -0.05) is 24.3 Å². The summed E-state index contributed by atoms with van der Waals surface area (Å²) in [4.78, 5) is 2.60. The first-order valence-corrected chi connectivity index (χ1v) is 8.52. The molecule has 116 valence electrons. The van der Waals surface area contributed by atoms with Crippen molar-refractivity contribution in [1.29, 1.82) is 0 Å². The lowest BCUT2D eigenvalue weighted by atomic mass is 9.96. The number of benzene rings is 1. The van der Waals surface area contributed by atoms with Crippen LogP contribution in [0.25, 0.3) is 0 Å². The van der Waals surface area contributed by atoms with E-state index in [1.54, 1.807) is 0 Å². The molecule has 0 aliphatic carbocycles. The highest BCUT2D eigenvalue weighted by molar-refractivity contribution is 5.31. The fraction of sp³-hybridized carbons (Fsp3) is 0.667. The maximum absolute atomic E-state index is 3.95. The summed E-state index contributed by atoms with van der Waals surface area (Å²) >= 11 is 0. The van der Waals surface area contributed by atoms with Gasteiger partial charge in [-0.15, -0.1) is 0 Å². The largest absolute Gasteiger partial charge is 0.313 e. The maximum Gasteiger partial charge on any atom is 0.0337 e. The summed E-state index contributed by atoms with van der Waals surface area (Å²) in [7, 11) is 0. The Morgan fingerprint density at radius 3 is 2.67 bits per heavy atom. The molecule has 3 heteroatoms. The van der Waals surface area contributed by atoms with Gasteiger partial charge in [0.25, 0.3) is 0 Å². The third-order valence-electron chi connectivity index (χ3n) is 5.05. The fourth-order valence-corrected chi connectivity index (χ4v) is 3.70. The van der Waals surface area contributed by atoms with Crippen LogP contribution >= 0.6 is 0 Å². The van der Waals surface area contributed by atoms with E-state index in [1.165, 1.54) is 43.5 Å². The average Bonchev–Trinajstić information content (AvgIpc) is 2.71. The summed E-state index contributed by atoms with van der Waals surface area (Å²) in [5, 5.41) is 7.49. The van der Waals surface area contributed by atoms with Crippen molar-refractivity contribution in [3.8, 4) is 0 Å². The molecule has 2 aliphatic heterocycles. The summed E-state index contributed by atoms with van der Waals surface area (Å²) in [6.45, 7) is 9.21. The van der Waals surface area contributed by atoms with E-state index >= 15 is 0 Å². The van der Waals surface area contributed by atoms with Gasteiger partial charge in [0.1, 0.15) is 0 Å². The number of piperidine rings is 1. The second kappa shape index (κ2) is 6.91. The molecule has 0 aromatic heterocycles. The normalized spacial score (nSPS) is 24.8. The van der Waals surface area contributed by atoms with Crippen molar-refractivity contribution in [1.82, 2.24) is 15.5 Å². The van der Waals surface area contributed by atoms with Gasteiger partial charge < -0.3 is 15.5 Å². The molecule has 0 spiro atoms. The lowest BCUT2D eigenvalue weighted by Gasteiger charge is -2.36. The molecule has 3 rings (SSSR count). The molecule has 1 aromatic carbocycles. The quantitative estimate of drug-likeness (QED) is 0.895. The molecule has 21 heavy (non-hydrogen) atoms. The molecule has 1 fully saturated rings. The standard InChI is InChI=1S/C18H29N3/c1-14(2)21-11-8-16(9-12-21)20-18-7-10-19-13-15-5-3-4-6-17(15)18/h3-6,14,16,18-20H,7-13H2,1-2H3. The summed E-state index contributed by atoms with van der Waals surface area (Å²) < 4.78 is 0. The zero-order valence-corrected chi connectivity index (χ0v) is 13.4. The van der Waals surface area contributed by atoms with E-state index in [0.717, 1.165) is 13.1 Å². The van der Waals surface area contributed by atoms with E-state index in [9.17, 15) is 0 Å². The third-order valence-corrected chi connectivity index (χ3v) is 5.05.